The van der Waals surface area contributed by atoms with Crippen molar-refractivity contribution < 1.29 is 58.2 Å². The van der Waals surface area contributed by atoms with Crippen LogP contribution in [-0.2, 0) is 54.4 Å². The number of amides is 8. The highest BCUT2D eigenvalue weighted by atomic mass is 16.4. The lowest BCUT2D eigenvalue weighted by molar-refractivity contribution is -0.142. The molecule has 0 aromatic carbocycles. The van der Waals surface area contributed by atoms with E-state index in [0.29, 0.717) is 18.5 Å². The fourth-order valence-electron chi connectivity index (χ4n) is 9.50. The number of nitrogens with one attached hydrogen (secondary N) is 9. The molecule has 26 heteroatoms. The Kier molecular flexibility index (Phi) is 27.7. The van der Waals surface area contributed by atoms with Gasteiger partial charge in [0.25, 0.3) is 0 Å². The first-order valence-corrected chi connectivity index (χ1v) is 26.6. The summed E-state index contributed by atoms with van der Waals surface area (Å²) in [6, 6.07) is -10.5. The number of rotatable bonds is 33. The van der Waals surface area contributed by atoms with Crippen LogP contribution in [0.25, 0.3) is 0 Å². The van der Waals surface area contributed by atoms with Crippen LogP contribution in [-0.4, -0.2) is 147 Å². The monoisotopic (exact) mass is 1070 g/mol. The molecule has 2 aliphatic carbocycles. The van der Waals surface area contributed by atoms with Crippen LogP contribution < -0.4 is 59.7 Å². The number of nitrogens with two attached hydrogens (primary N) is 3. The average molecular weight is 1070 g/mol. The highest BCUT2D eigenvalue weighted by molar-refractivity contribution is 5.98. The van der Waals surface area contributed by atoms with Gasteiger partial charge in [-0.3, -0.25) is 48.1 Å². The van der Waals surface area contributed by atoms with Crippen LogP contribution in [0.5, 0.6) is 0 Å². The van der Waals surface area contributed by atoms with Gasteiger partial charge in [-0.2, -0.15) is 0 Å². The lowest BCUT2D eigenvalue weighted by Crippen LogP contribution is -2.61. The molecule has 8 amide bonds. The molecule has 26 nitrogen and oxygen atoms in total. The first-order valence-electron chi connectivity index (χ1n) is 26.6. The summed E-state index contributed by atoms with van der Waals surface area (Å²) < 4.78 is 0. The van der Waals surface area contributed by atoms with Crippen LogP contribution in [0.1, 0.15) is 149 Å². The van der Waals surface area contributed by atoms with Crippen molar-refractivity contribution >= 4 is 65.2 Å². The minimum absolute atomic E-state index is 0.00265. The summed E-state index contributed by atoms with van der Waals surface area (Å²) in [4.78, 5) is 145. The fraction of sp³-hybridized carbons (Fsp3) is 0.720. The Bertz CT molecular complexity index is 2110. The molecule has 3 rings (SSSR count). The third-order valence-corrected chi connectivity index (χ3v) is 13.7. The number of aliphatic imine (C=N–C) groups is 1. The molecule has 0 saturated heterocycles. The van der Waals surface area contributed by atoms with Gasteiger partial charge in [-0.1, -0.05) is 78.1 Å². The molecule has 0 unspecified atom stereocenters. The van der Waals surface area contributed by atoms with Crippen molar-refractivity contribution in [3.8, 4) is 0 Å². The summed E-state index contributed by atoms with van der Waals surface area (Å²) in [5.41, 5.74) is 16.9. The minimum Gasteiger partial charge on any atom is -0.481 e. The van der Waals surface area contributed by atoms with E-state index in [0.717, 1.165) is 64.2 Å². The SMILES string of the molecule is CC(=O)N[C@@H](Cc1cnc[nH]1)C(=O)N[C@@H](CCCCN)C(=O)N[C@@H](CC(=O)O)C(=O)N[C@H](CC1CCCCC1)C(=O)N[C@@H](CC1CCCCC1)C(=O)N[C@H](C(=O)N[C@H](C)C(=O)N[C@@H](CCCN=C(N)N)C(=O)O)C(C)C. The molecule has 0 aliphatic heterocycles. The predicted octanol–water partition coefficient (Wildman–Crippen LogP) is -0.791. The lowest BCUT2D eigenvalue weighted by Gasteiger charge is -2.32. The molecule has 1 aromatic heterocycles. The molecule has 76 heavy (non-hydrogen) atoms. The molecule has 1 heterocycles. The second-order valence-corrected chi connectivity index (χ2v) is 20.4. The Balaban J connectivity index is 1.87. The van der Waals surface area contributed by atoms with Gasteiger partial charge in [0.15, 0.2) is 5.96 Å². The number of aliphatic carboxylic acids is 2. The zero-order valence-corrected chi connectivity index (χ0v) is 44.5. The maximum atomic E-state index is 14.6. The number of hydrogen-bond donors (Lipinski definition) is 14. The van der Waals surface area contributed by atoms with E-state index in [1.165, 1.54) is 26.4 Å². The van der Waals surface area contributed by atoms with Gasteiger partial charge in [0.05, 0.1) is 12.7 Å². The van der Waals surface area contributed by atoms with Crippen molar-refractivity contribution in [2.24, 2.45) is 39.9 Å². The third kappa shape index (κ3) is 23.4. The number of unbranched alkanes of at least 4 members (excludes halogenated alkanes) is 1. The number of nitrogens with zero attached hydrogens (tertiary/aromatic N) is 2. The van der Waals surface area contributed by atoms with Gasteiger partial charge in [-0.05, 0) is 76.2 Å². The number of imidazole rings is 1. The van der Waals surface area contributed by atoms with Gasteiger partial charge in [0, 0.05) is 31.8 Å². The van der Waals surface area contributed by atoms with Gasteiger partial charge in [-0.15, -0.1) is 0 Å². The number of hydrogen-bond acceptors (Lipinski definition) is 13. The second kappa shape index (κ2) is 33.2. The smallest absolute Gasteiger partial charge is 0.326 e. The predicted molar refractivity (Wildman–Crippen MR) is 279 cm³/mol. The number of carbonyl (C=O) groups excluding carboxylic acids is 8. The molecule has 0 bridgehead atoms. The van der Waals surface area contributed by atoms with E-state index in [1.54, 1.807) is 13.8 Å². The Morgan fingerprint density at radius 3 is 1.62 bits per heavy atom. The van der Waals surface area contributed by atoms with Gasteiger partial charge in [0.2, 0.25) is 47.3 Å². The molecular weight excluding hydrogens is 989 g/mol. The van der Waals surface area contributed by atoms with Crippen LogP contribution >= 0.6 is 0 Å². The third-order valence-electron chi connectivity index (χ3n) is 13.7. The maximum absolute atomic E-state index is 14.6. The minimum atomic E-state index is -1.74. The van der Waals surface area contributed by atoms with Crippen molar-refractivity contribution in [2.75, 3.05) is 13.1 Å². The van der Waals surface area contributed by atoms with Gasteiger partial charge < -0.3 is 74.9 Å². The number of carbonyl (C=O) groups is 10. The molecule has 1 aromatic rings. The van der Waals surface area contributed by atoms with Gasteiger partial charge >= 0.3 is 11.9 Å². The normalized spacial score (nSPS) is 17.1. The van der Waals surface area contributed by atoms with Crippen molar-refractivity contribution in [1.82, 2.24) is 52.5 Å². The number of H-pyrrole nitrogens is 1. The van der Waals surface area contributed by atoms with E-state index in [2.05, 4.69) is 57.5 Å². The molecule has 2 fully saturated rings. The molecular formula is C50H84N14O12. The number of aromatic amines is 1. The van der Waals surface area contributed by atoms with Crippen molar-refractivity contribution in [3.05, 3.63) is 18.2 Å². The lowest BCUT2D eigenvalue weighted by atomic mass is 9.83. The molecule has 0 radical (unpaired) electrons. The van der Waals surface area contributed by atoms with Crippen LogP contribution in [0.4, 0.5) is 0 Å². The summed E-state index contributed by atoms with van der Waals surface area (Å²) in [7, 11) is 0. The fourth-order valence-corrected chi connectivity index (χ4v) is 9.50. The topological polar surface area (TPSA) is 426 Å². The van der Waals surface area contributed by atoms with E-state index in [4.69, 9.17) is 17.2 Å². The Morgan fingerprint density at radius 2 is 1.12 bits per heavy atom. The summed E-state index contributed by atoms with van der Waals surface area (Å²) in [6.45, 7) is 6.33. The van der Waals surface area contributed by atoms with Crippen LogP contribution in [0.3, 0.4) is 0 Å². The first-order chi connectivity index (χ1) is 36.1. The number of guanidine groups is 1. The Hall–Kier alpha value is -6.86. The van der Waals surface area contributed by atoms with E-state index < -0.39 is 120 Å². The summed E-state index contributed by atoms with van der Waals surface area (Å²) in [5.74, 6) is -9.62. The Labute approximate surface area is 444 Å². The zero-order valence-electron chi connectivity index (χ0n) is 44.5. The maximum Gasteiger partial charge on any atom is 0.326 e. The first kappa shape index (κ1) is 63.4. The highest BCUT2D eigenvalue weighted by Gasteiger charge is 2.37. The average Bonchev–Trinajstić information content (AvgIpc) is 3.88. The van der Waals surface area contributed by atoms with Crippen LogP contribution in [0, 0.1) is 17.8 Å². The standard InChI is InChI=1S/C50H84N14O12/c1-28(2)41(48(74)57-29(3)42(68)60-35(49(75)76)19-13-21-55-50(52)53)64-47(73)37(23-32-16-9-6-10-17-32)62-44(70)36(22-31-14-7-5-8-15-31)61-46(72)39(25-40(66)67)63-43(69)34(18-11-12-20-51)59-45(71)38(58-30(4)65)24-33-26-54-27-56-33/h26-29,31-32,34-39,41H,5-25,51H2,1-4H3,(H,54,56)(H,57,74)(H,58,65)(H,59,71)(H,60,68)(H,61,72)(H,62,70)(H,63,69)(H,64,73)(H,66,67)(H,75,76)(H4,52,53,55)/t29-,34+,35+,36-,37+,38+,39+,41+/m1/s1. The van der Waals surface area contributed by atoms with E-state index >= 15 is 0 Å². The summed E-state index contributed by atoms with van der Waals surface area (Å²) in [5, 5.41) is 40.7. The Morgan fingerprint density at radius 1 is 0.618 bits per heavy atom. The second-order valence-electron chi connectivity index (χ2n) is 20.4. The molecule has 17 N–H and O–H groups in total. The summed E-state index contributed by atoms with van der Waals surface area (Å²) in [6.07, 6.45) is 11.9. The van der Waals surface area contributed by atoms with E-state index in [1.807, 2.05) is 0 Å². The zero-order chi connectivity index (χ0) is 56.3. The number of carboxylic acid groups (broad SMARTS) is 2. The van der Waals surface area contributed by atoms with Crippen LogP contribution in [0.15, 0.2) is 17.5 Å². The van der Waals surface area contributed by atoms with Gasteiger partial charge in [-0.25, -0.2) is 9.78 Å². The quantitative estimate of drug-likeness (QED) is 0.0233. The van der Waals surface area contributed by atoms with E-state index in [-0.39, 0.29) is 69.4 Å². The van der Waals surface area contributed by atoms with Crippen molar-refractivity contribution in [1.29, 1.82) is 0 Å². The van der Waals surface area contributed by atoms with E-state index in [9.17, 15) is 58.2 Å². The number of aromatic nitrogens is 2. The largest absolute Gasteiger partial charge is 0.481 e. The molecule has 0 spiro atoms. The molecule has 426 valence electrons. The van der Waals surface area contributed by atoms with Gasteiger partial charge in [0.1, 0.15) is 48.3 Å². The van der Waals surface area contributed by atoms with Crippen molar-refractivity contribution in [2.45, 2.75) is 198 Å². The number of carboxylic acids is 2. The molecule has 8 atom stereocenters. The highest BCUT2D eigenvalue weighted by Crippen LogP contribution is 2.29. The van der Waals surface area contributed by atoms with Crippen LogP contribution in [0.2, 0.25) is 0 Å². The van der Waals surface area contributed by atoms with Crippen molar-refractivity contribution in [3.63, 3.8) is 0 Å². The molecule has 2 aliphatic rings. The summed E-state index contributed by atoms with van der Waals surface area (Å²) >= 11 is 0. The molecule has 2 saturated carbocycles.